The first-order chi connectivity index (χ1) is 19.1. The van der Waals surface area contributed by atoms with Gasteiger partial charge in [0.05, 0.1) is 24.6 Å². The number of rotatable bonds is 13. The summed E-state index contributed by atoms with van der Waals surface area (Å²) >= 11 is 0. The third-order valence-corrected chi connectivity index (χ3v) is 7.30. The number of hydrogen-bond acceptors (Lipinski definition) is 4. The molecule has 0 heterocycles. The van der Waals surface area contributed by atoms with Crippen LogP contribution in [-0.4, -0.2) is 24.9 Å². The fourth-order valence-corrected chi connectivity index (χ4v) is 5.37. The van der Waals surface area contributed by atoms with Crippen LogP contribution in [0, 0.1) is 5.92 Å². The normalized spacial score (nSPS) is 12.9. The molecule has 39 heavy (non-hydrogen) atoms. The summed E-state index contributed by atoms with van der Waals surface area (Å²) in [4.78, 5) is 26.7. The van der Waals surface area contributed by atoms with Crippen molar-refractivity contribution in [3.8, 4) is 0 Å². The number of ketones is 1. The third-order valence-electron chi connectivity index (χ3n) is 7.30. The van der Waals surface area contributed by atoms with Crippen LogP contribution in [-0.2, 0) is 26.3 Å². The lowest BCUT2D eigenvalue weighted by Gasteiger charge is -2.40. The minimum absolute atomic E-state index is 0.00475. The number of hydrogen-bond donors (Lipinski definition) is 1. The van der Waals surface area contributed by atoms with Crippen LogP contribution >= 0.6 is 0 Å². The third kappa shape index (κ3) is 6.71. The predicted molar refractivity (Wildman–Crippen MR) is 156 cm³/mol. The lowest BCUT2D eigenvalue weighted by molar-refractivity contribution is -0.147. The first kappa shape index (κ1) is 28.0. The van der Waals surface area contributed by atoms with Crippen molar-refractivity contribution < 1.29 is 14.3 Å². The number of carbonyl (C=O) groups is 2. The quantitative estimate of drug-likeness (QED) is 0.157. The van der Waals surface area contributed by atoms with E-state index in [0.29, 0.717) is 12.8 Å². The van der Waals surface area contributed by atoms with Gasteiger partial charge in [0, 0.05) is 6.42 Å². The van der Waals surface area contributed by atoms with Gasteiger partial charge in [-0.1, -0.05) is 135 Å². The Bertz CT molecular complexity index is 1210. The van der Waals surface area contributed by atoms with Crippen LogP contribution in [0.4, 0.5) is 0 Å². The average molecular weight is 520 g/mol. The molecule has 4 nitrogen and oxygen atoms in total. The zero-order chi connectivity index (χ0) is 27.5. The lowest BCUT2D eigenvalue weighted by atomic mass is 9.75. The first-order valence-electron chi connectivity index (χ1n) is 13.7. The summed E-state index contributed by atoms with van der Waals surface area (Å²) in [6.07, 6.45) is 2.02. The van der Waals surface area contributed by atoms with Crippen LogP contribution in [0.2, 0.25) is 0 Å². The van der Waals surface area contributed by atoms with Gasteiger partial charge in [-0.15, -0.1) is 0 Å². The molecule has 0 saturated carbocycles. The first-order valence-corrected chi connectivity index (χ1v) is 13.7. The zero-order valence-electron chi connectivity index (χ0n) is 22.8. The Morgan fingerprint density at radius 3 is 1.56 bits per heavy atom. The number of methoxy groups -OCH3 is 1. The van der Waals surface area contributed by atoms with E-state index < -0.39 is 17.5 Å². The Balaban J connectivity index is 1.86. The van der Waals surface area contributed by atoms with Crippen molar-refractivity contribution in [3.63, 3.8) is 0 Å². The summed E-state index contributed by atoms with van der Waals surface area (Å²) < 4.78 is 5.06. The highest BCUT2D eigenvalue weighted by atomic mass is 16.5. The number of ether oxygens (including phenoxy) is 1. The lowest BCUT2D eigenvalue weighted by Crippen LogP contribution is -2.53. The van der Waals surface area contributed by atoms with E-state index in [9.17, 15) is 9.59 Å². The highest BCUT2D eigenvalue weighted by molar-refractivity contribution is 5.88. The smallest absolute Gasteiger partial charge is 0.309 e. The van der Waals surface area contributed by atoms with Gasteiger partial charge >= 0.3 is 5.97 Å². The zero-order valence-corrected chi connectivity index (χ0v) is 22.8. The van der Waals surface area contributed by atoms with Gasteiger partial charge in [0.15, 0.2) is 5.78 Å². The highest BCUT2D eigenvalue weighted by Gasteiger charge is 2.40. The predicted octanol–water partition coefficient (Wildman–Crippen LogP) is 6.73. The Kier molecular flexibility index (Phi) is 9.82. The fourth-order valence-electron chi connectivity index (χ4n) is 5.37. The molecule has 0 aromatic heterocycles. The van der Waals surface area contributed by atoms with Crippen LogP contribution in [0.5, 0.6) is 0 Å². The molecule has 0 saturated heterocycles. The van der Waals surface area contributed by atoms with E-state index >= 15 is 0 Å². The van der Waals surface area contributed by atoms with Gasteiger partial charge in [-0.25, -0.2) is 0 Å². The van der Waals surface area contributed by atoms with Crippen LogP contribution in [0.1, 0.15) is 48.4 Å². The number of carbonyl (C=O) groups excluding carboxylic acids is 2. The van der Waals surface area contributed by atoms with E-state index in [0.717, 1.165) is 28.7 Å². The molecule has 0 amide bonds. The molecule has 0 aliphatic carbocycles. The fraction of sp³-hybridized carbons (Fsp3) is 0.257. The second-order valence-corrected chi connectivity index (χ2v) is 9.91. The van der Waals surface area contributed by atoms with E-state index in [1.54, 1.807) is 0 Å². The molecule has 4 aromatic carbocycles. The Labute approximate surface area is 232 Å². The molecule has 4 heteroatoms. The number of esters is 1. The maximum atomic E-state index is 14.2. The van der Waals surface area contributed by atoms with E-state index in [1.165, 1.54) is 7.11 Å². The summed E-state index contributed by atoms with van der Waals surface area (Å²) in [5.74, 6) is -0.800. The molecular weight excluding hydrogens is 482 g/mol. The van der Waals surface area contributed by atoms with Crippen molar-refractivity contribution in [2.45, 2.75) is 44.2 Å². The van der Waals surface area contributed by atoms with Gasteiger partial charge in [-0.3, -0.25) is 14.9 Å². The highest BCUT2D eigenvalue weighted by Crippen LogP contribution is 2.38. The van der Waals surface area contributed by atoms with E-state index in [1.807, 2.05) is 91.9 Å². The van der Waals surface area contributed by atoms with Gasteiger partial charge in [-0.05, 0) is 35.1 Å². The molecule has 0 aliphatic heterocycles. The van der Waals surface area contributed by atoms with Crippen LogP contribution in [0.25, 0.3) is 0 Å². The molecule has 1 N–H and O–H groups in total. The number of nitrogens with one attached hydrogen (secondary N) is 1. The summed E-state index contributed by atoms with van der Waals surface area (Å²) in [5.41, 5.74) is 3.35. The maximum absolute atomic E-state index is 14.2. The minimum atomic E-state index is -0.801. The van der Waals surface area contributed by atoms with Crippen LogP contribution < -0.4 is 5.32 Å². The van der Waals surface area contributed by atoms with Crippen molar-refractivity contribution in [3.05, 3.63) is 144 Å². The van der Waals surface area contributed by atoms with E-state index in [2.05, 4.69) is 41.7 Å². The minimum Gasteiger partial charge on any atom is -0.469 e. The largest absolute Gasteiger partial charge is 0.469 e. The summed E-state index contributed by atoms with van der Waals surface area (Å²) in [6, 6.07) is 40.3. The molecule has 0 unspecified atom stereocenters. The molecule has 0 spiro atoms. The monoisotopic (exact) mass is 519 g/mol. The Hall–Kier alpha value is -4.02. The van der Waals surface area contributed by atoms with Crippen LogP contribution in [0.3, 0.4) is 0 Å². The Morgan fingerprint density at radius 1 is 0.718 bits per heavy atom. The standard InChI is InChI=1S/C35H37NO3/c1-3-16-28(34(38)39-2)26-33(37)32(25-27-17-8-4-9-18-27)36-35(29-19-10-5-11-20-29,30-21-12-6-13-22-30)31-23-14-7-15-24-31/h4-15,17-24,28,32,36H,3,16,25-26H2,1-2H3/t28-,32+/m1/s1. The molecule has 0 radical (unpaired) electrons. The average Bonchev–Trinajstić information content (AvgIpc) is 3.00. The molecule has 0 bridgehead atoms. The van der Waals surface area contributed by atoms with Crippen LogP contribution in [0.15, 0.2) is 121 Å². The van der Waals surface area contributed by atoms with Crippen molar-refractivity contribution >= 4 is 11.8 Å². The second kappa shape index (κ2) is 13.7. The van der Waals surface area contributed by atoms with E-state index in [4.69, 9.17) is 4.74 Å². The number of benzene rings is 4. The van der Waals surface area contributed by atoms with Crippen molar-refractivity contribution in [1.82, 2.24) is 5.32 Å². The van der Waals surface area contributed by atoms with Gasteiger partial charge in [0.1, 0.15) is 0 Å². The molecular formula is C35H37NO3. The summed E-state index contributed by atoms with van der Waals surface area (Å²) in [7, 11) is 1.39. The molecule has 4 rings (SSSR count). The molecule has 0 fully saturated rings. The Morgan fingerprint density at radius 2 is 1.15 bits per heavy atom. The molecule has 0 aliphatic rings. The van der Waals surface area contributed by atoms with Gasteiger partial charge in [0.2, 0.25) is 0 Å². The van der Waals surface area contributed by atoms with Crippen molar-refractivity contribution in [1.29, 1.82) is 0 Å². The molecule has 4 aromatic rings. The topological polar surface area (TPSA) is 55.4 Å². The van der Waals surface area contributed by atoms with E-state index in [-0.39, 0.29) is 18.2 Å². The summed E-state index contributed by atoms with van der Waals surface area (Å²) in [6.45, 7) is 2.02. The number of Topliss-reactive ketones (excluding diaryl/α,β-unsaturated/α-hetero) is 1. The molecule has 2 atom stereocenters. The molecule has 200 valence electrons. The van der Waals surface area contributed by atoms with Gasteiger partial charge < -0.3 is 4.74 Å². The van der Waals surface area contributed by atoms with Gasteiger partial charge in [-0.2, -0.15) is 0 Å². The van der Waals surface area contributed by atoms with Gasteiger partial charge in [0.25, 0.3) is 0 Å². The second-order valence-electron chi connectivity index (χ2n) is 9.91. The maximum Gasteiger partial charge on any atom is 0.309 e. The summed E-state index contributed by atoms with van der Waals surface area (Å²) in [5, 5.41) is 3.87. The van der Waals surface area contributed by atoms with Crippen molar-refractivity contribution in [2.75, 3.05) is 7.11 Å². The SMILES string of the molecule is CCC[C@H](CC(=O)[C@H](Cc1ccccc1)NC(c1ccccc1)(c1ccccc1)c1ccccc1)C(=O)OC. The van der Waals surface area contributed by atoms with Crippen molar-refractivity contribution in [2.24, 2.45) is 5.92 Å².